The van der Waals surface area contributed by atoms with Crippen LogP contribution in [0.2, 0.25) is 0 Å². The molecule has 2 saturated heterocycles. The largest absolute Gasteiger partial charge is 0.339 e. The molecule has 1 aromatic rings. The first-order valence-electron chi connectivity index (χ1n) is 9.49. The molecule has 0 bridgehead atoms. The lowest BCUT2D eigenvalue weighted by Crippen LogP contribution is -2.51. The summed E-state index contributed by atoms with van der Waals surface area (Å²) in [5, 5.41) is 3.39. The number of carbonyl (C=O) groups is 2. The van der Waals surface area contributed by atoms with Gasteiger partial charge in [0, 0.05) is 32.1 Å². The normalized spacial score (nSPS) is 24.1. The summed E-state index contributed by atoms with van der Waals surface area (Å²) in [5.74, 6) is 0.734. The van der Waals surface area contributed by atoms with Crippen LogP contribution in [0.4, 0.5) is 0 Å². The average Bonchev–Trinajstić information content (AvgIpc) is 3.35. The molecule has 3 aliphatic rings. The van der Waals surface area contributed by atoms with Crippen LogP contribution in [0, 0.1) is 11.3 Å². The molecule has 1 atom stereocenters. The molecule has 2 heterocycles. The smallest absolute Gasteiger partial charge is 0.227 e. The molecule has 0 aromatic heterocycles. The van der Waals surface area contributed by atoms with Crippen LogP contribution in [-0.2, 0) is 16.0 Å². The van der Waals surface area contributed by atoms with Crippen molar-refractivity contribution in [3.8, 4) is 0 Å². The molecule has 142 valence electrons. The molecule has 3 fully saturated rings. The van der Waals surface area contributed by atoms with E-state index in [-0.39, 0.29) is 24.2 Å². The van der Waals surface area contributed by atoms with Gasteiger partial charge >= 0.3 is 0 Å². The summed E-state index contributed by atoms with van der Waals surface area (Å²) >= 11 is 0. The lowest BCUT2D eigenvalue weighted by atomic mass is 9.91. The van der Waals surface area contributed by atoms with Crippen molar-refractivity contribution in [3.05, 3.63) is 35.9 Å². The van der Waals surface area contributed by atoms with E-state index in [0.29, 0.717) is 43.9 Å². The minimum absolute atomic E-state index is 0. The van der Waals surface area contributed by atoms with E-state index in [2.05, 4.69) is 5.32 Å². The Morgan fingerprint density at radius 2 is 1.62 bits per heavy atom. The fourth-order valence-electron chi connectivity index (χ4n) is 4.45. The predicted octanol–water partition coefficient (Wildman–Crippen LogP) is 1.71. The predicted molar refractivity (Wildman–Crippen MR) is 103 cm³/mol. The van der Waals surface area contributed by atoms with E-state index in [4.69, 9.17) is 0 Å². The molecule has 1 aromatic carbocycles. The molecule has 5 nitrogen and oxygen atoms in total. The van der Waals surface area contributed by atoms with Crippen molar-refractivity contribution in [1.29, 1.82) is 0 Å². The summed E-state index contributed by atoms with van der Waals surface area (Å²) in [6.45, 7) is 4.79. The molecule has 26 heavy (non-hydrogen) atoms. The van der Waals surface area contributed by atoms with Crippen molar-refractivity contribution < 1.29 is 9.59 Å². The van der Waals surface area contributed by atoms with Crippen LogP contribution in [0.15, 0.2) is 30.3 Å². The first-order chi connectivity index (χ1) is 12.2. The second-order valence-electron chi connectivity index (χ2n) is 7.74. The van der Waals surface area contributed by atoms with E-state index in [1.807, 2.05) is 40.1 Å². The van der Waals surface area contributed by atoms with Crippen LogP contribution >= 0.6 is 12.4 Å². The van der Waals surface area contributed by atoms with E-state index < -0.39 is 0 Å². The summed E-state index contributed by atoms with van der Waals surface area (Å²) in [7, 11) is 0. The molecule has 2 amide bonds. The third-order valence-electron chi connectivity index (χ3n) is 6.23. The number of piperidine rings is 1. The molecule has 0 radical (unpaired) electrons. The number of rotatable bonds is 3. The zero-order valence-electron chi connectivity index (χ0n) is 15.2. The Morgan fingerprint density at radius 1 is 1.00 bits per heavy atom. The Kier molecular flexibility index (Phi) is 5.88. The standard InChI is InChI=1S/C20H27N3O2.ClH/c24-18(14-16-4-2-1-3-5-16)22-10-12-23(13-11-22)19(25)17-15-20(17)6-8-21-9-7-20;/h1-5,17,21H,6-15H2;1H. The molecule has 1 N–H and O–H groups in total. The maximum atomic E-state index is 12.8. The fourth-order valence-corrected chi connectivity index (χ4v) is 4.45. The number of hydrogen-bond donors (Lipinski definition) is 1. The average molecular weight is 378 g/mol. The number of hydrogen-bond acceptors (Lipinski definition) is 3. The Bertz CT molecular complexity index is 638. The quantitative estimate of drug-likeness (QED) is 0.872. The lowest BCUT2D eigenvalue weighted by molar-refractivity contribution is -0.140. The summed E-state index contributed by atoms with van der Waals surface area (Å²) in [6.07, 6.45) is 3.80. The van der Waals surface area contributed by atoms with Crippen molar-refractivity contribution in [2.75, 3.05) is 39.3 Å². The van der Waals surface area contributed by atoms with Gasteiger partial charge < -0.3 is 15.1 Å². The zero-order chi connectivity index (χ0) is 17.3. The maximum Gasteiger partial charge on any atom is 0.227 e. The number of nitrogens with one attached hydrogen (secondary N) is 1. The number of amides is 2. The van der Waals surface area contributed by atoms with E-state index in [1.54, 1.807) is 0 Å². The topological polar surface area (TPSA) is 52.7 Å². The third-order valence-corrected chi connectivity index (χ3v) is 6.23. The highest BCUT2D eigenvalue weighted by molar-refractivity contribution is 5.85. The van der Waals surface area contributed by atoms with Crippen LogP contribution in [0.25, 0.3) is 0 Å². The summed E-state index contributed by atoms with van der Waals surface area (Å²) in [4.78, 5) is 29.2. The van der Waals surface area contributed by atoms with E-state index in [1.165, 1.54) is 0 Å². The van der Waals surface area contributed by atoms with Crippen molar-refractivity contribution >= 4 is 24.2 Å². The van der Waals surface area contributed by atoms with Crippen LogP contribution in [0.3, 0.4) is 0 Å². The lowest BCUT2D eigenvalue weighted by Gasteiger charge is -2.35. The number of piperazine rings is 1. The molecular formula is C20H28ClN3O2. The molecule has 1 spiro atoms. The van der Waals surface area contributed by atoms with Gasteiger partial charge in [-0.1, -0.05) is 30.3 Å². The summed E-state index contributed by atoms with van der Waals surface area (Å²) in [6, 6.07) is 9.87. The maximum absolute atomic E-state index is 12.8. The van der Waals surface area contributed by atoms with Crippen molar-refractivity contribution in [3.63, 3.8) is 0 Å². The van der Waals surface area contributed by atoms with Gasteiger partial charge in [-0.05, 0) is 43.3 Å². The second kappa shape index (κ2) is 7.97. The van der Waals surface area contributed by atoms with Gasteiger partial charge in [0.25, 0.3) is 0 Å². The molecule has 1 unspecified atom stereocenters. The van der Waals surface area contributed by atoms with Crippen LogP contribution in [0.1, 0.15) is 24.8 Å². The molecule has 6 heteroatoms. The third kappa shape index (κ3) is 3.89. The van der Waals surface area contributed by atoms with E-state index >= 15 is 0 Å². The monoisotopic (exact) mass is 377 g/mol. The van der Waals surface area contributed by atoms with Crippen LogP contribution in [0.5, 0.6) is 0 Å². The SMILES string of the molecule is Cl.O=C(Cc1ccccc1)N1CCN(C(=O)C2CC23CCNCC3)CC1. The van der Waals surface area contributed by atoms with Gasteiger partial charge in [-0.2, -0.15) is 0 Å². The second-order valence-corrected chi connectivity index (χ2v) is 7.74. The molecular weight excluding hydrogens is 350 g/mol. The van der Waals surface area contributed by atoms with Crippen LogP contribution < -0.4 is 5.32 Å². The van der Waals surface area contributed by atoms with Crippen molar-refractivity contribution in [2.24, 2.45) is 11.3 Å². The minimum Gasteiger partial charge on any atom is -0.339 e. The summed E-state index contributed by atoms with van der Waals surface area (Å²) < 4.78 is 0. The first kappa shape index (κ1) is 19.2. The Hall–Kier alpha value is -1.59. The highest BCUT2D eigenvalue weighted by Gasteiger charge is 2.58. The Balaban J connectivity index is 0.00000196. The van der Waals surface area contributed by atoms with E-state index in [0.717, 1.165) is 37.9 Å². The van der Waals surface area contributed by atoms with Gasteiger partial charge in [-0.15, -0.1) is 12.4 Å². The van der Waals surface area contributed by atoms with Gasteiger partial charge in [0.05, 0.1) is 6.42 Å². The van der Waals surface area contributed by atoms with E-state index in [9.17, 15) is 9.59 Å². The number of halogens is 1. The molecule has 1 aliphatic carbocycles. The number of carbonyl (C=O) groups excluding carboxylic acids is 2. The molecule has 1 saturated carbocycles. The minimum atomic E-state index is 0. The Labute approximate surface area is 161 Å². The Morgan fingerprint density at radius 3 is 2.27 bits per heavy atom. The van der Waals surface area contributed by atoms with Gasteiger partial charge in [-0.25, -0.2) is 0 Å². The summed E-state index contributed by atoms with van der Waals surface area (Å²) in [5.41, 5.74) is 1.35. The molecule has 4 rings (SSSR count). The van der Waals surface area contributed by atoms with Gasteiger partial charge in [0.1, 0.15) is 0 Å². The highest BCUT2D eigenvalue weighted by atomic mass is 35.5. The van der Waals surface area contributed by atoms with Gasteiger partial charge in [0.2, 0.25) is 11.8 Å². The van der Waals surface area contributed by atoms with Crippen LogP contribution in [-0.4, -0.2) is 60.9 Å². The van der Waals surface area contributed by atoms with Crippen molar-refractivity contribution in [2.45, 2.75) is 25.7 Å². The highest BCUT2D eigenvalue weighted by Crippen LogP contribution is 2.59. The molecule has 2 aliphatic heterocycles. The van der Waals surface area contributed by atoms with Gasteiger partial charge in [0.15, 0.2) is 0 Å². The fraction of sp³-hybridized carbons (Fsp3) is 0.600. The van der Waals surface area contributed by atoms with Crippen molar-refractivity contribution in [1.82, 2.24) is 15.1 Å². The first-order valence-corrected chi connectivity index (χ1v) is 9.49. The number of benzene rings is 1. The number of nitrogens with zero attached hydrogens (tertiary/aromatic N) is 2. The zero-order valence-corrected chi connectivity index (χ0v) is 16.0. The van der Waals surface area contributed by atoms with Gasteiger partial charge in [-0.3, -0.25) is 9.59 Å².